The zero-order valence-electron chi connectivity index (χ0n) is 10.2. The van der Waals surface area contributed by atoms with Gasteiger partial charge in [-0.25, -0.2) is 4.98 Å². The van der Waals surface area contributed by atoms with E-state index in [1.54, 1.807) is 13.2 Å². The van der Waals surface area contributed by atoms with Gasteiger partial charge in [0.25, 0.3) is 0 Å². The zero-order valence-corrected chi connectivity index (χ0v) is 10.2. The van der Waals surface area contributed by atoms with Crippen molar-refractivity contribution in [2.75, 3.05) is 12.4 Å². The number of pyridine rings is 1. The van der Waals surface area contributed by atoms with Gasteiger partial charge in [-0.15, -0.1) is 0 Å². The van der Waals surface area contributed by atoms with E-state index in [1.165, 1.54) is 0 Å². The van der Waals surface area contributed by atoms with Gasteiger partial charge in [0.05, 0.1) is 6.04 Å². The number of nitrogens with one attached hydrogen (secondary N) is 2. The van der Waals surface area contributed by atoms with Gasteiger partial charge >= 0.3 is 0 Å². The Labute approximate surface area is 96.5 Å². The molecule has 1 aromatic heterocycles. The van der Waals surface area contributed by atoms with Crippen molar-refractivity contribution in [3.05, 3.63) is 23.9 Å². The predicted molar refractivity (Wildman–Crippen MR) is 65.3 cm³/mol. The molecule has 1 amide bonds. The molecule has 1 unspecified atom stereocenters. The molecular weight excluding hydrogens is 202 g/mol. The van der Waals surface area contributed by atoms with E-state index in [0.717, 1.165) is 5.56 Å². The van der Waals surface area contributed by atoms with Gasteiger partial charge in [-0.2, -0.15) is 0 Å². The van der Waals surface area contributed by atoms with Crippen LogP contribution in [0.1, 0.15) is 19.4 Å². The Morgan fingerprint density at radius 3 is 2.62 bits per heavy atom. The molecule has 4 nitrogen and oxygen atoms in total. The number of amides is 1. The van der Waals surface area contributed by atoms with E-state index in [0.29, 0.717) is 5.82 Å². The van der Waals surface area contributed by atoms with Crippen molar-refractivity contribution < 1.29 is 4.79 Å². The lowest BCUT2D eigenvalue weighted by molar-refractivity contribution is -0.119. The summed E-state index contributed by atoms with van der Waals surface area (Å²) in [7, 11) is 1.79. The minimum atomic E-state index is -0.192. The van der Waals surface area contributed by atoms with E-state index in [2.05, 4.69) is 15.6 Å². The molecule has 0 saturated heterocycles. The van der Waals surface area contributed by atoms with Crippen LogP contribution in [0, 0.1) is 12.8 Å². The van der Waals surface area contributed by atoms with Gasteiger partial charge in [0.2, 0.25) is 5.91 Å². The summed E-state index contributed by atoms with van der Waals surface area (Å²) in [5.41, 5.74) is 1.08. The van der Waals surface area contributed by atoms with Crippen molar-refractivity contribution in [2.45, 2.75) is 26.8 Å². The summed E-state index contributed by atoms with van der Waals surface area (Å²) < 4.78 is 0. The maximum absolute atomic E-state index is 11.9. The summed E-state index contributed by atoms with van der Waals surface area (Å²) in [6.45, 7) is 5.98. The molecule has 0 aliphatic heterocycles. The summed E-state index contributed by atoms with van der Waals surface area (Å²) in [5.74, 6) is 0.802. The number of hydrogen-bond acceptors (Lipinski definition) is 3. The molecule has 0 aromatic carbocycles. The van der Waals surface area contributed by atoms with E-state index in [9.17, 15) is 4.79 Å². The number of likely N-dealkylation sites (N-methyl/N-ethyl adjacent to an activating group) is 1. The minimum absolute atomic E-state index is 0.0457. The monoisotopic (exact) mass is 221 g/mol. The highest BCUT2D eigenvalue weighted by molar-refractivity contribution is 5.94. The van der Waals surface area contributed by atoms with Crippen LogP contribution in [0.15, 0.2) is 18.3 Å². The Balaban J connectivity index is 2.70. The standard InChI is InChI=1S/C12H19N3O/c1-8(2)11(13-4)12(16)15-10-7-9(3)5-6-14-10/h5-8,11,13H,1-4H3,(H,14,15,16). The first-order valence-corrected chi connectivity index (χ1v) is 5.45. The van der Waals surface area contributed by atoms with Crippen LogP contribution < -0.4 is 10.6 Å². The number of carbonyl (C=O) groups is 1. The third kappa shape index (κ3) is 3.31. The summed E-state index contributed by atoms with van der Waals surface area (Å²) >= 11 is 0. The normalized spacial score (nSPS) is 12.6. The first-order chi connectivity index (χ1) is 7.54. The Morgan fingerprint density at radius 2 is 2.12 bits per heavy atom. The van der Waals surface area contributed by atoms with Crippen molar-refractivity contribution in [1.82, 2.24) is 10.3 Å². The fraction of sp³-hybridized carbons (Fsp3) is 0.500. The molecular formula is C12H19N3O. The average molecular weight is 221 g/mol. The largest absolute Gasteiger partial charge is 0.309 e. The molecule has 0 aliphatic carbocycles. The summed E-state index contributed by atoms with van der Waals surface area (Å²) in [4.78, 5) is 16.0. The first-order valence-electron chi connectivity index (χ1n) is 5.45. The van der Waals surface area contributed by atoms with Crippen molar-refractivity contribution in [3.63, 3.8) is 0 Å². The van der Waals surface area contributed by atoms with E-state index < -0.39 is 0 Å². The van der Waals surface area contributed by atoms with Crippen LogP contribution in [0.3, 0.4) is 0 Å². The number of carbonyl (C=O) groups excluding carboxylic acids is 1. The van der Waals surface area contributed by atoms with Crippen molar-refractivity contribution in [1.29, 1.82) is 0 Å². The molecule has 1 aromatic rings. The Bertz CT molecular complexity index is 363. The van der Waals surface area contributed by atoms with Crippen LogP contribution in [-0.4, -0.2) is 24.0 Å². The minimum Gasteiger partial charge on any atom is -0.309 e. The third-order valence-electron chi connectivity index (χ3n) is 2.43. The van der Waals surface area contributed by atoms with Crippen LogP contribution >= 0.6 is 0 Å². The maximum Gasteiger partial charge on any atom is 0.242 e. The molecule has 0 radical (unpaired) electrons. The van der Waals surface area contributed by atoms with Crippen LogP contribution in [0.25, 0.3) is 0 Å². The fourth-order valence-electron chi connectivity index (χ4n) is 1.58. The number of aromatic nitrogens is 1. The van der Waals surface area contributed by atoms with Crippen LogP contribution in [-0.2, 0) is 4.79 Å². The number of rotatable bonds is 4. The van der Waals surface area contributed by atoms with Gasteiger partial charge in [-0.05, 0) is 37.6 Å². The van der Waals surface area contributed by atoms with Gasteiger partial charge in [0.15, 0.2) is 0 Å². The highest BCUT2D eigenvalue weighted by atomic mass is 16.2. The molecule has 0 bridgehead atoms. The average Bonchev–Trinajstić information content (AvgIpc) is 2.17. The molecule has 1 rings (SSSR count). The van der Waals surface area contributed by atoms with E-state index in [1.807, 2.05) is 32.9 Å². The topological polar surface area (TPSA) is 54.0 Å². The number of aryl methyl sites for hydroxylation is 1. The Morgan fingerprint density at radius 1 is 1.44 bits per heavy atom. The highest BCUT2D eigenvalue weighted by Gasteiger charge is 2.20. The van der Waals surface area contributed by atoms with Crippen molar-refractivity contribution in [3.8, 4) is 0 Å². The number of nitrogens with zero attached hydrogens (tertiary/aromatic N) is 1. The smallest absolute Gasteiger partial charge is 0.242 e. The zero-order chi connectivity index (χ0) is 12.1. The molecule has 88 valence electrons. The Hall–Kier alpha value is -1.42. The van der Waals surface area contributed by atoms with E-state index in [4.69, 9.17) is 0 Å². The lowest BCUT2D eigenvalue weighted by Crippen LogP contribution is -2.42. The quantitative estimate of drug-likeness (QED) is 0.811. The lowest BCUT2D eigenvalue weighted by Gasteiger charge is -2.19. The molecule has 0 fully saturated rings. The molecule has 4 heteroatoms. The van der Waals surface area contributed by atoms with Crippen LogP contribution in [0.2, 0.25) is 0 Å². The summed E-state index contributed by atoms with van der Waals surface area (Å²) in [6, 6.07) is 3.56. The second-order valence-corrected chi connectivity index (χ2v) is 4.22. The van der Waals surface area contributed by atoms with Crippen LogP contribution in [0.4, 0.5) is 5.82 Å². The Kier molecular flexibility index (Phi) is 4.43. The summed E-state index contributed by atoms with van der Waals surface area (Å²) in [6.07, 6.45) is 1.69. The molecule has 1 heterocycles. The van der Waals surface area contributed by atoms with Gasteiger partial charge in [-0.3, -0.25) is 4.79 Å². The maximum atomic E-state index is 11.9. The number of hydrogen-bond donors (Lipinski definition) is 2. The van der Waals surface area contributed by atoms with Gasteiger partial charge in [0, 0.05) is 6.20 Å². The van der Waals surface area contributed by atoms with Crippen LogP contribution in [0.5, 0.6) is 0 Å². The second-order valence-electron chi connectivity index (χ2n) is 4.22. The molecule has 16 heavy (non-hydrogen) atoms. The van der Waals surface area contributed by atoms with E-state index in [-0.39, 0.29) is 17.9 Å². The van der Waals surface area contributed by atoms with E-state index >= 15 is 0 Å². The molecule has 0 saturated carbocycles. The summed E-state index contributed by atoms with van der Waals surface area (Å²) in [5, 5.41) is 5.80. The van der Waals surface area contributed by atoms with Gasteiger partial charge in [-0.1, -0.05) is 13.8 Å². The van der Waals surface area contributed by atoms with Crippen molar-refractivity contribution >= 4 is 11.7 Å². The molecule has 0 aliphatic rings. The molecule has 2 N–H and O–H groups in total. The SMILES string of the molecule is CNC(C(=O)Nc1cc(C)ccn1)C(C)C. The van der Waals surface area contributed by atoms with Crippen molar-refractivity contribution in [2.24, 2.45) is 5.92 Å². The fourth-order valence-corrected chi connectivity index (χ4v) is 1.58. The predicted octanol–water partition coefficient (Wildman–Crippen LogP) is 1.57. The van der Waals surface area contributed by atoms with Gasteiger partial charge in [0.1, 0.15) is 5.82 Å². The number of anilines is 1. The molecule has 0 spiro atoms. The lowest BCUT2D eigenvalue weighted by atomic mass is 10.0. The third-order valence-corrected chi connectivity index (χ3v) is 2.43. The first kappa shape index (κ1) is 12.6. The molecule has 1 atom stereocenters. The second kappa shape index (κ2) is 5.61. The van der Waals surface area contributed by atoms with Gasteiger partial charge < -0.3 is 10.6 Å². The highest BCUT2D eigenvalue weighted by Crippen LogP contribution is 2.08.